The van der Waals surface area contributed by atoms with Crippen LogP contribution in [0.1, 0.15) is 38.2 Å². The number of carbonyl (C=O) groups is 2. The standard InChI is InChI=1S/C24H26O5/c1-3-5-6-7-18-27-20-11-8-19(9-12-20)10-17-24(26)29-22-15-13-21(14-16-22)28-23(25)4-2/h4,8-17H,2-3,5-7,18H2,1H3/b17-10+. The Morgan fingerprint density at radius 2 is 1.41 bits per heavy atom. The van der Waals surface area contributed by atoms with Gasteiger partial charge in [-0.1, -0.05) is 44.9 Å². The summed E-state index contributed by atoms with van der Waals surface area (Å²) in [7, 11) is 0. The van der Waals surface area contributed by atoms with Gasteiger partial charge in [-0.15, -0.1) is 0 Å². The van der Waals surface area contributed by atoms with E-state index in [0.29, 0.717) is 18.1 Å². The van der Waals surface area contributed by atoms with Crippen LogP contribution in [0.4, 0.5) is 0 Å². The maximum absolute atomic E-state index is 12.0. The third kappa shape index (κ3) is 8.47. The molecule has 0 saturated heterocycles. The summed E-state index contributed by atoms with van der Waals surface area (Å²) in [6, 6.07) is 13.7. The molecule has 0 aliphatic rings. The first-order chi connectivity index (χ1) is 14.1. The van der Waals surface area contributed by atoms with Crippen LogP contribution in [-0.2, 0) is 9.59 Å². The Bertz CT molecular complexity index is 819. The summed E-state index contributed by atoms with van der Waals surface area (Å²) in [6.45, 7) is 6.23. The second-order valence-corrected chi connectivity index (χ2v) is 6.33. The van der Waals surface area contributed by atoms with Crippen LogP contribution < -0.4 is 14.2 Å². The van der Waals surface area contributed by atoms with Crippen LogP contribution in [0, 0.1) is 0 Å². The minimum Gasteiger partial charge on any atom is -0.494 e. The topological polar surface area (TPSA) is 61.8 Å². The van der Waals surface area contributed by atoms with E-state index in [0.717, 1.165) is 23.8 Å². The average Bonchev–Trinajstić information content (AvgIpc) is 2.74. The SMILES string of the molecule is C=CC(=O)Oc1ccc(OC(=O)/C=C/c2ccc(OCCCCCC)cc2)cc1. The molecule has 2 aromatic rings. The highest BCUT2D eigenvalue weighted by atomic mass is 16.5. The first-order valence-electron chi connectivity index (χ1n) is 9.67. The minimum atomic E-state index is -0.550. The molecule has 0 bridgehead atoms. The number of hydrogen-bond donors (Lipinski definition) is 0. The summed E-state index contributed by atoms with van der Waals surface area (Å²) in [5.74, 6) is 0.462. The predicted octanol–water partition coefficient (Wildman–Crippen LogP) is 5.36. The smallest absolute Gasteiger partial charge is 0.336 e. The molecule has 0 atom stereocenters. The molecule has 2 aromatic carbocycles. The van der Waals surface area contributed by atoms with Crippen LogP contribution in [0.25, 0.3) is 6.08 Å². The van der Waals surface area contributed by atoms with E-state index in [1.165, 1.54) is 37.5 Å². The lowest BCUT2D eigenvalue weighted by molar-refractivity contribution is -0.130. The maximum Gasteiger partial charge on any atom is 0.336 e. The summed E-state index contributed by atoms with van der Waals surface area (Å²) in [5.41, 5.74) is 0.868. The third-order valence-electron chi connectivity index (χ3n) is 3.99. The highest BCUT2D eigenvalue weighted by Gasteiger charge is 2.03. The van der Waals surface area contributed by atoms with Gasteiger partial charge in [-0.2, -0.15) is 0 Å². The molecule has 5 heteroatoms. The van der Waals surface area contributed by atoms with Crippen molar-refractivity contribution >= 4 is 18.0 Å². The normalized spacial score (nSPS) is 10.5. The number of hydrogen-bond acceptors (Lipinski definition) is 5. The zero-order valence-electron chi connectivity index (χ0n) is 16.6. The van der Waals surface area contributed by atoms with Gasteiger partial charge in [0.1, 0.15) is 17.2 Å². The number of unbranched alkanes of at least 4 members (excludes halogenated alkanes) is 3. The van der Waals surface area contributed by atoms with Crippen LogP contribution in [0.3, 0.4) is 0 Å². The molecule has 0 aliphatic heterocycles. The van der Waals surface area contributed by atoms with E-state index in [4.69, 9.17) is 14.2 Å². The summed E-state index contributed by atoms with van der Waals surface area (Å²) in [6.07, 6.45) is 8.78. The molecule has 0 N–H and O–H groups in total. The van der Waals surface area contributed by atoms with Gasteiger partial charge in [-0.05, 0) is 54.5 Å². The molecule has 0 fully saturated rings. The fourth-order valence-electron chi connectivity index (χ4n) is 2.44. The molecule has 0 amide bonds. The molecule has 0 aromatic heterocycles. The lowest BCUT2D eigenvalue weighted by Gasteiger charge is -2.06. The first kappa shape index (κ1) is 22.0. The Labute approximate surface area is 171 Å². The Morgan fingerprint density at radius 1 is 0.828 bits per heavy atom. The lowest BCUT2D eigenvalue weighted by Crippen LogP contribution is -2.05. The van der Waals surface area contributed by atoms with E-state index < -0.39 is 11.9 Å². The Balaban J connectivity index is 1.79. The van der Waals surface area contributed by atoms with Gasteiger partial charge >= 0.3 is 11.9 Å². The maximum atomic E-state index is 12.0. The Hall–Kier alpha value is -3.34. The molecular formula is C24H26O5. The lowest BCUT2D eigenvalue weighted by atomic mass is 10.2. The summed E-state index contributed by atoms with van der Waals surface area (Å²) < 4.78 is 15.9. The molecule has 0 radical (unpaired) electrons. The van der Waals surface area contributed by atoms with E-state index in [2.05, 4.69) is 13.5 Å². The molecule has 2 rings (SSSR count). The number of rotatable bonds is 11. The van der Waals surface area contributed by atoms with E-state index in [1.54, 1.807) is 18.2 Å². The van der Waals surface area contributed by atoms with Crippen molar-refractivity contribution in [3.8, 4) is 17.2 Å². The van der Waals surface area contributed by atoms with Crippen molar-refractivity contribution < 1.29 is 23.8 Å². The fraction of sp³-hybridized carbons (Fsp3) is 0.250. The van der Waals surface area contributed by atoms with Crippen molar-refractivity contribution in [2.24, 2.45) is 0 Å². The summed E-state index contributed by atoms with van der Waals surface area (Å²) >= 11 is 0. The number of carbonyl (C=O) groups excluding carboxylic acids is 2. The van der Waals surface area contributed by atoms with Crippen LogP contribution >= 0.6 is 0 Å². The second-order valence-electron chi connectivity index (χ2n) is 6.33. The predicted molar refractivity (Wildman–Crippen MR) is 113 cm³/mol. The van der Waals surface area contributed by atoms with E-state index >= 15 is 0 Å². The molecule has 0 unspecified atom stereocenters. The monoisotopic (exact) mass is 394 g/mol. The van der Waals surface area contributed by atoms with Gasteiger partial charge in [0.25, 0.3) is 0 Å². The van der Waals surface area contributed by atoms with Crippen molar-refractivity contribution in [2.45, 2.75) is 32.6 Å². The van der Waals surface area contributed by atoms with Crippen LogP contribution in [0.2, 0.25) is 0 Å². The van der Waals surface area contributed by atoms with E-state index in [1.807, 2.05) is 24.3 Å². The van der Waals surface area contributed by atoms with Crippen LogP contribution in [0.5, 0.6) is 17.2 Å². The highest BCUT2D eigenvalue weighted by Crippen LogP contribution is 2.18. The minimum absolute atomic E-state index is 0.345. The highest BCUT2D eigenvalue weighted by molar-refractivity contribution is 5.88. The fourth-order valence-corrected chi connectivity index (χ4v) is 2.44. The largest absolute Gasteiger partial charge is 0.494 e. The zero-order valence-corrected chi connectivity index (χ0v) is 16.6. The summed E-state index contributed by atoms with van der Waals surface area (Å²) in [4.78, 5) is 23.1. The van der Waals surface area contributed by atoms with Crippen molar-refractivity contribution in [3.63, 3.8) is 0 Å². The van der Waals surface area contributed by atoms with Crippen molar-refractivity contribution in [1.29, 1.82) is 0 Å². The van der Waals surface area contributed by atoms with Gasteiger partial charge in [-0.25, -0.2) is 9.59 Å². The Kier molecular flexibility index (Phi) is 9.22. The second kappa shape index (κ2) is 12.2. The van der Waals surface area contributed by atoms with Crippen LogP contribution in [0.15, 0.2) is 67.3 Å². The van der Waals surface area contributed by atoms with Crippen LogP contribution in [-0.4, -0.2) is 18.5 Å². The van der Waals surface area contributed by atoms with E-state index in [-0.39, 0.29) is 0 Å². The quantitative estimate of drug-likeness (QED) is 0.222. The Morgan fingerprint density at radius 3 is 2.00 bits per heavy atom. The third-order valence-corrected chi connectivity index (χ3v) is 3.99. The molecule has 0 aliphatic carbocycles. The molecule has 0 heterocycles. The number of benzene rings is 2. The molecule has 0 saturated carbocycles. The first-order valence-corrected chi connectivity index (χ1v) is 9.67. The molecule has 29 heavy (non-hydrogen) atoms. The zero-order chi connectivity index (χ0) is 20.9. The van der Waals surface area contributed by atoms with Gasteiger partial charge in [-0.3, -0.25) is 0 Å². The molecule has 0 spiro atoms. The molecule has 152 valence electrons. The average molecular weight is 394 g/mol. The van der Waals surface area contributed by atoms with Gasteiger partial charge in [0, 0.05) is 12.2 Å². The van der Waals surface area contributed by atoms with Crippen molar-refractivity contribution in [1.82, 2.24) is 0 Å². The van der Waals surface area contributed by atoms with Crippen molar-refractivity contribution in [2.75, 3.05) is 6.61 Å². The number of ether oxygens (including phenoxy) is 3. The van der Waals surface area contributed by atoms with E-state index in [9.17, 15) is 9.59 Å². The van der Waals surface area contributed by atoms with Crippen molar-refractivity contribution in [3.05, 3.63) is 72.8 Å². The molecule has 5 nitrogen and oxygen atoms in total. The number of esters is 2. The van der Waals surface area contributed by atoms with Gasteiger partial charge < -0.3 is 14.2 Å². The van der Waals surface area contributed by atoms with Gasteiger partial charge in [0.05, 0.1) is 6.61 Å². The van der Waals surface area contributed by atoms with Gasteiger partial charge in [0.15, 0.2) is 0 Å². The molecular weight excluding hydrogens is 368 g/mol. The summed E-state index contributed by atoms with van der Waals surface area (Å²) in [5, 5.41) is 0. The van der Waals surface area contributed by atoms with Gasteiger partial charge in [0.2, 0.25) is 0 Å².